The Balaban J connectivity index is 1.76. The van der Waals surface area contributed by atoms with Crippen LogP contribution in [0.1, 0.15) is 67.1 Å². The smallest absolute Gasteiger partial charge is 0.110 e. The number of hydrogen-bond donors (Lipinski definition) is 1. The van der Waals surface area contributed by atoms with Gasteiger partial charge < -0.3 is 5.32 Å². The molecule has 2 aliphatic carbocycles. The summed E-state index contributed by atoms with van der Waals surface area (Å²) in [4.78, 5) is 6.48. The summed E-state index contributed by atoms with van der Waals surface area (Å²) >= 11 is 1.98. The van der Waals surface area contributed by atoms with Crippen LogP contribution < -0.4 is 5.32 Å². The van der Waals surface area contributed by atoms with Crippen molar-refractivity contribution < 1.29 is 0 Å². The maximum Gasteiger partial charge on any atom is 0.110 e. The van der Waals surface area contributed by atoms with Crippen LogP contribution in [0, 0.1) is 0 Å². The minimum atomic E-state index is 0.531. The van der Waals surface area contributed by atoms with E-state index in [1.165, 1.54) is 62.1 Å². The average Bonchev–Trinajstić information content (AvgIpc) is 3.05. The number of aromatic nitrogens is 1. The second-order valence-electron chi connectivity index (χ2n) is 5.41. The van der Waals surface area contributed by atoms with Crippen LogP contribution in [0.4, 0.5) is 0 Å². The van der Waals surface area contributed by atoms with Crippen molar-refractivity contribution in [1.29, 1.82) is 0 Å². The Labute approximate surface area is 108 Å². The zero-order valence-electron chi connectivity index (χ0n) is 10.7. The van der Waals surface area contributed by atoms with Crippen LogP contribution in [0.25, 0.3) is 0 Å². The molecule has 1 heterocycles. The van der Waals surface area contributed by atoms with E-state index in [0.29, 0.717) is 6.04 Å². The molecule has 3 heteroatoms. The van der Waals surface area contributed by atoms with E-state index < -0.39 is 0 Å². The summed E-state index contributed by atoms with van der Waals surface area (Å²) in [5.41, 5.74) is 1.41. The lowest BCUT2D eigenvalue weighted by atomic mass is 10.0. The zero-order chi connectivity index (χ0) is 11.7. The molecule has 94 valence electrons. The molecule has 1 atom stereocenters. The van der Waals surface area contributed by atoms with Crippen molar-refractivity contribution in [2.75, 3.05) is 0 Å². The maximum atomic E-state index is 4.91. The molecular formula is C14H22N2S. The van der Waals surface area contributed by atoms with Crippen LogP contribution >= 0.6 is 11.3 Å². The Morgan fingerprint density at radius 3 is 2.88 bits per heavy atom. The summed E-state index contributed by atoms with van der Waals surface area (Å²) in [6.45, 7) is 2.27. The van der Waals surface area contributed by atoms with E-state index in [9.17, 15) is 0 Å². The summed E-state index contributed by atoms with van der Waals surface area (Å²) in [6, 6.07) is 1.32. The summed E-state index contributed by atoms with van der Waals surface area (Å²) in [7, 11) is 0. The van der Waals surface area contributed by atoms with Gasteiger partial charge in [0.05, 0.1) is 11.7 Å². The largest absolute Gasteiger partial charge is 0.305 e. The highest BCUT2D eigenvalue weighted by molar-refractivity contribution is 7.11. The molecule has 3 rings (SSSR count). The van der Waals surface area contributed by atoms with E-state index in [1.807, 2.05) is 11.3 Å². The monoisotopic (exact) mass is 250 g/mol. The highest BCUT2D eigenvalue weighted by Crippen LogP contribution is 2.33. The number of nitrogens with one attached hydrogen (secondary N) is 1. The van der Waals surface area contributed by atoms with Gasteiger partial charge >= 0.3 is 0 Å². The molecule has 1 aromatic rings. The molecule has 0 aromatic carbocycles. The van der Waals surface area contributed by atoms with E-state index in [1.54, 1.807) is 4.88 Å². The molecule has 0 aliphatic heterocycles. The highest BCUT2D eigenvalue weighted by atomic mass is 32.1. The average molecular weight is 250 g/mol. The highest BCUT2D eigenvalue weighted by Gasteiger charge is 2.27. The molecule has 1 aromatic heterocycles. The zero-order valence-corrected chi connectivity index (χ0v) is 11.5. The first-order valence-corrected chi connectivity index (χ1v) is 7.93. The summed E-state index contributed by atoms with van der Waals surface area (Å²) in [6.07, 6.45) is 10.4. The normalized spacial score (nSPS) is 21.2. The van der Waals surface area contributed by atoms with Crippen LogP contribution in [0.15, 0.2) is 0 Å². The van der Waals surface area contributed by atoms with Crippen molar-refractivity contribution in [3.05, 3.63) is 15.6 Å². The van der Waals surface area contributed by atoms with Crippen molar-refractivity contribution in [2.24, 2.45) is 0 Å². The molecule has 1 unspecified atom stereocenters. The first kappa shape index (κ1) is 11.7. The van der Waals surface area contributed by atoms with Gasteiger partial charge in [0.15, 0.2) is 0 Å². The fourth-order valence-corrected chi connectivity index (χ4v) is 3.87. The van der Waals surface area contributed by atoms with E-state index in [2.05, 4.69) is 12.2 Å². The summed E-state index contributed by atoms with van der Waals surface area (Å²) in [5.74, 6) is 0. The summed E-state index contributed by atoms with van der Waals surface area (Å²) in [5, 5.41) is 5.13. The first-order valence-electron chi connectivity index (χ1n) is 7.11. The van der Waals surface area contributed by atoms with Gasteiger partial charge in [0.2, 0.25) is 0 Å². The molecule has 2 aliphatic rings. The fraction of sp³-hybridized carbons (Fsp3) is 0.786. The van der Waals surface area contributed by atoms with Gasteiger partial charge in [-0.2, -0.15) is 0 Å². The number of hydrogen-bond acceptors (Lipinski definition) is 3. The van der Waals surface area contributed by atoms with Crippen LogP contribution in [0.2, 0.25) is 0 Å². The number of nitrogens with zero attached hydrogens (tertiary/aromatic N) is 1. The van der Waals surface area contributed by atoms with Crippen LogP contribution in [0.5, 0.6) is 0 Å². The molecule has 0 saturated heterocycles. The van der Waals surface area contributed by atoms with Crippen molar-refractivity contribution >= 4 is 11.3 Å². The second kappa shape index (κ2) is 5.07. The molecular weight excluding hydrogens is 228 g/mol. The van der Waals surface area contributed by atoms with Gasteiger partial charge in [-0.3, -0.25) is 0 Å². The number of thiazole rings is 1. The predicted molar refractivity (Wildman–Crippen MR) is 72.6 cm³/mol. The standard InChI is InChI=1S/C14H22N2S/c1-2-5-12(15-10-8-9-10)14-16-11-6-3-4-7-13(11)17-14/h10,12,15H,2-9H2,1H3. The molecule has 0 bridgehead atoms. The van der Waals surface area contributed by atoms with Crippen molar-refractivity contribution in [1.82, 2.24) is 10.3 Å². The van der Waals surface area contributed by atoms with Gasteiger partial charge in [-0.15, -0.1) is 11.3 Å². The van der Waals surface area contributed by atoms with Crippen LogP contribution in [-0.4, -0.2) is 11.0 Å². The number of fused-ring (bicyclic) bond motifs is 1. The minimum Gasteiger partial charge on any atom is -0.305 e. The van der Waals surface area contributed by atoms with E-state index in [0.717, 1.165) is 6.04 Å². The molecule has 0 amide bonds. The number of aryl methyl sites for hydroxylation is 2. The van der Waals surface area contributed by atoms with Crippen LogP contribution in [-0.2, 0) is 12.8 Å². The topological polar surface area (TPSA) is 24.9 Å². The Morgan fingerprint density at radius 2 is 2.18 bits per heavy atom. The van der Waals surface area contributed by atoms with Crippen molar-refractivity contribution in [3.8, 4) is 0 Å². The molecule has 1 saturated carbocycles. The Morgan fingerprint density at radius 1 is 1.35 bits per heavy atom. The van der Waals surface area contributed by atoms with Crippen molar-refractivity contribution in [2.45, 2.75) is 70.4 Å². The third-order valence-electron chi connectivity index (χ3n) is 3.75. The predicted octanol–water partition coefficient (Wildman–Crippen LogP) is 3.62. The Kier molecular flexibility index (Phi) is 3.48. The van der Waals surface area contributed by atoms with E-state index in [4.69, 9.17) is 4.98 Å². The third-order valence-corrected chi connectivity index (χ3v) is 5.02. The molecule has 0 radical (unpaired) electrons. The number of rotatable bonds is 5. The fourth-order valence-electron chi connectivity index (χ4n) is 2.62. The molecule has 1 N–H and O–H groups in total. The quantitative estimate of drug-likeness (QED) is 0.863. The Bertz CT molecular complexity index is 358. The van der Waals surface area contributed by atoms with Gasteiger partial charge in [-0.05, 0) is 44.9 Å². The lowest BCUT2D eigenvalue weighted by Crippen LogP contribution is -2.23. The van der Waals surface area contributed by atoms with E-state index >= 15 is 0 Å². The minimum absolute atomic E-state index is 0.531. The van der Waals surface area contributed by atoms with Gasteiger partial charge in [-0.1, -0.05) is 13.3 Å². The molecule has 2 nitrogen and oxygen atoms in total. The lowest BCUT2D eigenvalue weighted by Gasteiger charge is -2.14. The van der Waals surface area contributed by atoms with Crippen LogP contribution in [0.3, 0.4) is 0 Å². The SMILES string of the molecule is CCCC(NC1CC1)c1nc2c(s1)CCCC2. The molecule has 17 heavy (non-hydrogen) atoms. The maximum absolute atomic E-state index is 4.91. The second-order valence-corrected chi connectivity index (χ2v) is 6.53. The third kappa shape index (κ3) is 2.71. The van der Waals surface area contributed by atoms with Gasteiger partial charge in [-0.25, -0.2) is 4.98 Å². The van der Waals surface area contributed by atoms with Gasteiger partial charge in [0.1, 0.15) is 5.01 Å². The van der Waals surface area contributed by atoms with Gasteiger partial charge in [0.25, 0.3) is 0 Å². The van der Waals surface area contributed by atoms with E-state index in [-0.39, 0.29) is 0 Å². The van der Waals surface area contributed by atoms with Crippen molar-refractivity contribution in [3.63, 3.8) is 0 Å². The lowest BCUT2D eigenvalue weighted by molar-refractivity contribution is 0.488. The summed E-state index contributed by atoms with van der Waals surface area (Å²) < 4.78 is 0. The molecule has 1 fully saturated rings. The molecule has 0 spiro atoms. The Hall–Kier alpha value is -0.410. The van der Waals surface area contributed by atoms with Gasteiger partial charge in [0, 0.05) is 10.9 Å². The first-order chi connectivity index (χ1) is 8.36.